The summed E-state index contributed by atoms with van der Waals surface area (Å²) in [6.45, 7) is 5.98. The van der Waals surface area contributed by atoms with Gasteiger partial charge >= 0.3 is 0 Å². The largest absolute Gasteiger partial charge is 0.389 e. The highest BCUT2D eigenvalue weighted by Crippen LogP contribution is 2.49. The molecule has 4 nitrogen and oxygen atoms in total. The summed E-state index contributed by atoms with van der Waals surface area (Å²) >= 11 is 0. The Morgan fingerprint density at radius 2 is 1.52 bits per heavy atom. The first-order valence-corrected chi connectivity index (χ1v) is 13.1. The number of aliphatic hydroxyl groups excluding tert-OH is 1. The fourth-order valence-electron chi connectivity index (χ4n) is 6.62. The third-order valence-corrected chi connectivity index (χ3v) is 8.30. The molecule has 1 aliphatic heterocycles. The van der Waals surface area contributed by atoms with Gasteiger partial charge in [-0.3, -0.25) is 9.80 Å². The van der Waals surface area contributed by atoms with E-state index < -0.39 is 6.10 Å². The van der Waals surface area contributed by atoms with Crippen molar-refractivity contribution >= 4 is 0 Å². The lowest BCUT2D eigenvalue weighted by Gasteiger charge is -2.40. The summed E-state index contributed by atoms with van der Waals surface area (Å²) in [5, 5.41) is 10.5. The van der Waals surface area contributed by atoms with E-state index in [0.717, 1.165) is 50.5 Å². The predicted molar refractivity (Wildman–Crippen MR) is 133 cm³/mol. The van der Waals surface area contributed by atoms with Gasteiger partial charge in [-0.25, -0.2) is 0 Å². The zero-order chi connectivity index (χ0) is 22.5. The first kappa shape index (κ1) is 23.0. The standard InChI is InChI=1S/C29H40N2O2/c32-28(22-33-18-13-27-20-23-11-12-26(27)19-23)21-30-14-16-31(17-15-30)29(24-7-3-1-4-8-24)25-9-5-2-6-10-25/h1-10,23,26-29,32H,11-22H2/t23-,26-,27+,28-/m1/s1. The summed E-state index contributed by atoms with van der Waals surface area (Å²) in [6.07, 6.45) is 6.59. The molecule has 0 unspecified atom stereocenters. The Hall–Kier alpha value is -1.72. The molecule has 0 radical (unpaired) electrons. The zero-order valence-corrected chi connectivity index (χ0v) is 19.9. The van der Waals surface area contributed by atoms with Gasteiger partial charge in [0.15, 0.2) is 0 Å². The summed E-state index contributed by atoms with van der Waals surface area (Å²) in [5.41, 5.74) is 2.70. The van der Waals surface area contributed by atoms with Crippen LogP contribution in [0.2, 0.25) is 0 Å². The number of hydrogen-bond donors (Lipinski definition) is 1. The highest BCUT2D eigenvalue weighted by atomic mass is 16.5. The van der Waals surface area contributed by atoms with Gasteiger partial charge in [0.1, 0.15) is 0 Å². The van der Waals surface area contributed by atoms with E-state index in [-0.39, 0.29) is 6.04 Å². The monoisotopic (exact) mass is 448 g/mol. The first-order chi connectivity index (χ1) is 16.3. The minimum atomic E-state index is -0.393. The Balaban J connectivity index is 1.06. The SMILES string of the molecule is O[C@@H](COCC[C@H]1C[C@@H]2CC[C@@H]1C2)CN1CCN(C(c2ccccc2)c2ccccc2)CC1. The van der Waals surface area contributed by atoms with Crippen molar-refractivity contribution in [2.24, 2.45) is 17.8 Å². The number of ether oxygens (including phenoxy) is 1. The Labute approximate surface area is 199 Å². The van der Waals surface area contributed by atoms with Crippen LogP contribution in [-0.4, -0.2) is 66.9 Å². The van der Waals surface area contributed by atoms with Gasteiger partial charge in [-0.1, -0.05) is 67.1 Å². The van der Waals surface area contributed by atoms with Gasteiger partial charge in [-0.05, 0) is 54.6 Å². The number of β-amino-alcohol motifs (C(OH)–C–C–N with tert-alkyl or cyclic N) is 1. The first-order valence-electron chi connectivity index (χ1n) is 13.1. The number of hydrogen-bond acceptors (Lipinski definition) is 4. The summed E-state index contributed by atoms with van der Waals surface area (Å²) in [5.74, 6) is 2.86. The maximum atomic E-state index is 10.5. The smallest absolute Gasteiger partial charge is 0.0900 e. The summed E-state index contributed by atoms with van der Waals surface area (Å²) in [7, 11) is 0. The van der Waals surface area contributed by atoms with Crippen LogP contribution in [-0.2, 0) is 4.74 Å². The second-order valence-electron chi connectivity index (χ2n) is 10.5. The number of fused-ring (bicyclic) bond motifs is 2. The number of rotatable bonds is 10. The van der Waals surface area contributed by atoms with E-state index in [2.05, 4.69) is 70.5 Å². The average molecular weight is 449 g/mol. The van der Waals surface area contributed by atoms with E-state index in [1.54, 1.807) is 0 Å². The van der Waals surface area contributed by atoms with Gasteiger partial charge < -0.3 is 9.84 Å². The van der Waals surface area contributed by atoms with Crippen molar-refractivity contribution in [3.05, 3.63) is 71.8 Å². The number of aliphatic hydroxyl groups is 1. The molecule has 2 aliphatic carbocycles. The van der Waals surface area contributed by atoms with Gasteiger partial charge in [0.25, 0.3) is 0 Å². The molecule has 3 aliphatic rings. The average Bonchev–Trinajstić information content (AvgIpc) is 3.48. The normalized spacial score (nSPS) is 26.8. The Bertz CT molecular complexity index is 798. The highest BCUT2D eigenvalue weighted by Gasteiger charge is 2.38. The van der Waals surface area contributed by atoms with Crippen LogP contribution in [0.5, 0.6) is 0 Å². The lowest BCUT2D eigenvalue weighted by atomic mass is 9.87. The van der Waals surface area contributed by atoms with Crippen LogP contribution in [0.25, 0.3) is 0 Å². The lowest BCUT2D eigenvalue weighted by Crippen LogP contribution is -2.50. The third-order valence-electron chi connectivity index (χ3n) is 8.30. The van der Waals surface area contributed by atoms with Gasteiger partial charge in [0.2, 0.25) is 0 Å². The highest BCUT2D eigenvalue weighted by molar-refractivity contribution is 5.31. The predicted octanol–water partition coefficient (Wildman–Crippen LogP) is 4.60. The summed E-state index contributed by atoms with van der Waals surface area (Å²) < 4.78 is 5.89. The Kier molecular flexibility index (Phi) is 7.78. The quantitative estimate of drug-likeness (QED) is 0.539. The Morgan fingerprint density at radius 1 is 0.848 bits per heavy atom. The maximum Gasteiger partial charge on any atom is 0.0900 e. The molecule has 1 saturated heterocycles. The van der Waals surface area contributed by atoms with Crippen LogP contribution in [0.15, 0.2) is 60.7 Å². The van der Waals surface area contributed by atoms with Crippen molar-refractivity contribution in [1.82, 2.24) is 9.80 Å². The molecule has 2 aromatic carbocycles. The van der Waals surface area contributed by atoms with Crippen molar-refractivity contribution < 1.29 is 9.84 Å². The lowest BCUT2D eigenvalue weighted by molar-refractivity contribution is 0.000295. The molecule has 0 spiro atoms. The van der Waals surface area contributed by atoms with Crippen LogP contribution in [0, 0.1) is 17.8 Å². The molecule has 33 heavy (non-hydrogen) atoms. The number of piperazine rings is 1. The minimum Gasteiger partial charge on any atom is -0.389 e. The molecular weight excluding hydrogens is 408 g/mol. The van der Waals surface area contributed by atoms with Crippen molar-refractivity contribution in [3.63, 3.8) is 0 Å². The van der Waals surface area contributed by atoms with Gasteiger partial charge in [0.05, 0.1) is 18.8 Å². The molecule has 2 aromatic rings. The summed E-state index contributed by atoms with van der Waals surface area (Å²) in [6, 6.07) is 21.9. The van der Waals surface area contributed by atoms with Crippen molar-refractivity contribution in [2.75, 3.05) is 45.9 Å². The van der Waals surface area contributed by atoms with E-state index in [0.29, 0.717) is 13.2 Å². The van der Waals surface area contributed by atoms with Crippen LogP contribution < -0.4 is 0 Å². The molecule has 3 fully saturated rings. The molecule has 4 heteroatoms. The molecule has 1 N–H and O–H groups in total. The van der Waals surface area contributed by atoms with E-state index in [1.165, 1.54) is 43.2 Å². The van der Waals surface area contributed by atoms with Gasteiger partial charge in [-0.2, -0.15) is 0 Å². The fourth-order valence-corrected chi connectivity index (χ4v) is 6.62. The maximum absolute atomic E-state index is 10.5. The van der Waals surface area contributed by atoms with Crippen LogP contribution in [0.1, 0.15) is 49.3 Å². The second-order valence-corrected chi connectivity index (χ2v) is 10.5. The number of benzene rings is 2. The molecule has 0 amide bonds. The Morgan fingerprint density at radius 3 is 2.09 bits per heavy atom. The third kappa shape index (κ3) is 5.86. The van der Waals surface area contributed by atoms with Crippen molar-refractivity contribution in [1.29, 1.82) is 0 Å². The van der Waals surface area contributed by atoms with Crippen LogP contribution in [0.4, 0.5) is 0 Å². The van der Waals surface area contributed by atoms with E-state index >= 15 is 0 Å². The molecule has 2 bridgehead atoms. The second kappa shape index (κ2) is 11.1. The van der Waals surface area contributed by atoms with Gasteiger partial charge in [0, 0.05) is 39.3 Å². The van der Waals surface area contributed by atoms with Crippen LogP contribution in [0.3, 0.4) is 0 Å². The van der Waals surface area contributed by atoms with E-state index in [9.17, 15) is 5.11 Å². The van der Waals surface area contributed by atoms with E-state index in [4.69, 9.17) is 4.74 Å². The molecule has 5 rings (SSSR count). The molecule has 4 atom stereocenters. The molecular formula is C29H40N2O2. The van der Waals surface area contributed by atoms with Crippen LogP contribution >= 0.6 is 0 Å². The van der Waals surface area contributed by atoms with Crippen molar-refractivity contribution in [3.8, 4) is 0 Å². The molecule has 1 heterocycles. The fraction of sp³-hybridized carbons (Fsp3) is 0.586. The van der Waals surface area contributed by atoms with E-state index in [1.807, 2.05) is 0 Å². The molecule has 0 aromatic heterocycles. The summed E-state index contributed by atoms with van der Waals surface area (Å²) in [4.78, 5) is 4.98. The zero-order valence-electron chi connectivity index (χ0n) is 19.9. The topological polar surface area (TPSA) is 35.9 Å². The number of nitrogens with zero attached hydrogens (tertiary/aromatic N) is 2. The molecule has 2 saturated carbocycles. The van der Waals surface area contributed by atoms with Gasteiger partial charge in [-0.15, -0.1) is 0 Å². The van der Waals surface area contributed by atoms with Crippen molar-refractivity contribution in [2.45, 2.75) is 44.2 Å². The minimum absolute atomic E-state index is 0.286. The molecule has 178 valence electrons.